The van der Waals surface area contributed by atoms with Gasteiger partial charge in [0.05, 0.1) is 7.11 Å². The number of ether oxygens (including phenoxy) is 3. The number of nitrogens with zero attached hydrogens (tertiary/aromatic N) is 4. The van der Waals surface area contributed by atoms with Crippen LogP contribution < -0.4 is 28.7 Å². The fourth-order valence-corrected chi connectivity index (χ4v) is 7.22. The standard InChI is InChI=1S/C17H22N2O3.C16H20N2O3.Li.H2O/c1-21-16(20)14-8-13(12-2-3-12)9-18-15(14)19-10-17(11-19)4-6-22-7-5-17;19-15(20)13-7-12(11-1-2-11)8-17-14(13)18-9-16(10-18)3-5-21-6-4-16;;/h8-9,12H,2-7,10-11H2,1H3;7-8,11H,1-6,9-10H2,(H,19,20);;1H2/q;;+1;/p-1. The summed E-state index contributed by atoms with van der Waals surface area (Å²) in [7, 11) is 1.44. The molecule has 4 saturated heterocycles. The van der Waals surface area contributed by atoms with Crippen LogP contribution in [0, 0.1) is 10.8 Å². The van der Waals surface area contributed by atoms with E-state index in [1.807, 2.05) is 24.5 Å². The van der Waals surface area contributed by atoms with Crippen LogP contribution in [0.2, 0.25) is 0 Å². The van der Waals surface area contributed by atoms with Crippen molar-refractivity contribution >= 4 is 23.6 Å². The number of rotatable bonds is 6. The minimum atomic E-state index is -0.868. The second-order valence-electron chi connectivity index (χ2n) is 13.6. The van der Waals surface area contributed by atoms with Gasteiger partial charge in [-0.2, -0.15) is 0 Å². The normalized spacial score (nSPS) is 22.5. The summed E-state index contributed by atoms with van der Waals surface area (Å²) in [5.74, 6) is 1.40. The SMILES string of the molecule is COC(=O)c1cc(C2CC2)cnc1N1CC2(CCOCC2)C1.O=C(O)c1cc(C2CC2)cnc1N1CC2(CCOCC2)C1.[Li+].[OH-]. The molecule has 6 heterocycles. The van der Waals surface area contributed by atoms with E-state index in [9.17, 15) is 14.7 Å². The van der Waals surface area contributed by atoms with E-state index in [1.165, 1.54) is 25.5 Å². The number of anilines is 2. The Hall–Kier alpha value is -2.68. The smallest absolute Gasteiger partial charge is 0.870 e. The molecule has 0 atom stereocenters. The average molecular weight is 615 g/mol. The van der Waals surface area contributed by atoms with Crippen molar-refractivity contribution in [2.75, 3.05) is 69.5 Å². The molecule has 6 fully saturated rings. The van der Waals surface area contributed by atoms with Gasteiger partial charge in [0, 0.05) is 75.8 Å². The van der Waals surface area contributed by atoms with E-state index in [0.29, 0.717) is 39.6 Å². The van der Waals surface area contributed by atoms with Crippen LogP contribution in [-0.4, -0.2) is 92.2 Å². The summed E-state index contributed by atoms with van der Waals surface area (Å²) in [4.78, 5) is 37.1. The molecule has 0 radical (unpaired) electrons. The fourth-order valence-electron chi connectivity index (χ4n) is 7.22. The number of carboxylic acids is 1. The van der Waals surface area contributed by atoms with E-state index in [2.05, 4.69) is 19.8 Å². The molecule has 8 rings (SSSR count). The van der Waals surface area contributed by atoms with Gasteiger partial charge in [0.2, 0.25) is 0 Å². The third-order valence-electron chi connectivity index (χ3n) is 10.3. The van der Waals surface area contributed by atoms with Crippen LogP contribution in [0.1, 0.15) is 95.0 Å². The van der Waals surface area contributed by atoms with Crippen molar-refractivity contribution in [3.05, 3.63) is 46.8 Å². The van der Waals surface area contributed by atoms with Crippen LogP contribution >= 0.6 is 0 Å². The number of carboxylic acid groups (broad SMARTS) is 1. The molecule has 0 unspecified atom stereocenters. The molecule has 11 nitrogen and oxygen atoms in total. The van der Waals surface area contributed by atoms with Crippen LogP contribution in [0.3, 0.4) is 0 Å². The summed E-state index contributed by atoms with van der Waals surface area (Å²) in [6.45, 7) is 7.12. The molecule has 0 aromatic carbocycles. The first-order valence-corrected chi connectivity index (χ1v) is 15.8. The minimum absolute atomic E-state index is 0. The van der Waals surface area contributed by atoms with Gasteiger partial charge in [-0.3, -0.25) is 0 Å². The van der Waals surface area contributed by atoms with Crippen molar-refractivity contribution in [1.29, 1.82) is 0 Å². The van der Waals surface area contributed by atoms with Gasteiger partial charge in [-0.1, -0.05) is 0 Å². The van der Waals surface area contributed by atoms with Crippen molar-refractivity contribution in [2.24, 2.45) is 10.8 Å². The molecule has 238 valence electrons. The first-order valence-electron chi connectivity index (χ1n) is 15.8. The van der Waals surface area contributed by atoms with Crippen LogP contribution in [0.4, 0.5) is 11.6 Å². The molecule has 2 aliphatic carbocycles. The summed E-state index contributed by atoms with van der Waals surface area (Å²) < 4.78 is 15.8. The molecular weight excluding hydrogens is 571 g/mol. The van der Waals surface area contributed by atoms with Crippen molar-refractivity contribution in [2.45, 2.75) is 63.2 Å². The quantitative estimate of drug-likeness (QED) is 0.373. The van der Waals surface area contributed by atoms with E-state index < -0.39 is 5.97 Å². The first kappa shape index (κ1) is 33.7. The summed E-state index contributed by atoms with van der Waals surface area (Å²) in [6, 6.07) is 3.82. The number of pyridine rings is 2. The van der Waals surface area contributed by atoms with Gasteiger partial charge in [0.15, 0.2) is 0 Å². The van der Waals surface area contributed by atoms with Gasteiger partial charge in [-0.25, -0.2) is 19.6 Å². The van der Waals surface area contributed by atoms with Gasteiger partial charge in [-0.15, -0.1) is 0 Å². The summed E-state index contributed by atoms with van der Waals surface area (Å²) >= 11 is 0. The number of carbonyl (C=O) groups excluding carboxylic acids is 1. The zero-order chi connectivity index (χ0) is 29.6. The third-order valence-corrected chi connectivity index (χ3v) is 10.3. The second-order valence-corrected chi connectivity index (χ2v) is 13.6. The first-order chi connectivity index (χ1) is 20.9. The maximum absolute atomic E-state index is 12.1. The van der Waals surface area contributed by atoms with E-state index >= 15 is 0 Å². The van der Waals surface area contributed by atoms with Gasteiger partial charge in [-0.05, 0) is 86.5 Å². The number of hydrogen-bond donors (Lipinski definition) is 1. The van der Waals surface area contributed by atoms with Crippen molar-refractivity contribution in [3.8, 4) is 0 Å². The van der Waals surface area contributed by atoms with Crippen molar-refractivity contribution < 1.29 is 53.2 Å². The molecule has 12 heteroatoms. The molecule has 2 N–H and O–H groups in total. The van der Waals surface area contributed by atoms with E-state index in [1.54, 1.807) is 0 Å². The van der Waals surface area contributed by atoms with Gasteiger partial charge in [0.25, 0.3) is 0 Å². The zero-order valence-electron chi connectivity index (χ0n) is 26.5. The van der Waals surface area contributed by atoms with Gasteiger partial charge >= 0.3 is 30.8 Å². The predicted molar refractivity (Wildman–Crippen MR) is 162 cm³/mol. The third kappa shape index (κ3) is 7.03. The predicted octanol–water partition coefficient (Wildman–Crippen LogP) is 1.46. The van der Waals surface area contributed by atoms with Crippen molar-refractivity contribution in [1.82, 2.24) is 9.97 Å². The molecule has 2 spiro atoms. The zero-order valence-corrected chi connectivity index (χ0v) is 26.5. The summed E-state index contributed by atoms with van der Waals surface area (Å²) in [6.07, 6.45) is 12.9. The Labute approximate surface area is 276 Å². The largest absolute Gasteiger partial charge is 1.00 e. The maximum atomic E-state index is 12.1. The molecular formula is C33H43LiN4O7. The number of aromatic nitrogens is 2. The minimum Gasteiger partial charge on any atom is -0.870 e. The number of methoxy groups -OCH3 is 1. The Morgan fingerprint density at radius 1 is 0.778 bits per heavy atom. The maximum Gasteiger partial charge on any atom is 1.00 e. The molecule has 6 aliphatic rings. The average Bonchev–Trinajstić information content (AvgIpc) is 3.93. The Morgan fingerprint density at radius 2 is 1.18 bits per heavy atom. The van der Waals surface area contributed by atoms with Crippen LogP contribution in [-0.2, 0) is 14.2 Å². The monoisotopic (exact) mass is 614 g/mol. The molecule has 45 heavy (non-hydrogen) atoms. The van der Waals surface area contributed by atoms with Crippen LogP contribution in [0.25, 0.3) is 0 Å². The van der Waals surface area contributed by atoms with Crippen LogP contribution in [0.15, 0.2) is 24.5 Å². The Morgan fingerprint density at radius 3 is 1.56 bits per heavy atom. The van der Waals surface area contributed by atoms with Gasteiger partial charge in [0.1, 0.15) is 22.8 Å². The van der Waals surface area contributed by atoms with E-state index in [0.717, 1.165) is 103 Å². The number of carbonyl (C=O) groups is 2. The molecule has 2 aromatic heterocycles. The Balaban J connectivity index is 0.000000170. The Bertz CT molecular complexity index is 1370. The topological polar surface area (TPSA) is 144 Å². The molecule has 4 aliphatic heterocycles. The number of esters is 1. The fraction of sp³-hybridized carbons (Fsp3) is 0.636. The second kappa shape index (κ2) is 13.6. The van der Waals surface area contributed by atoms with E-state index in [4.69, 9.17) is 14.2 Å². The van der Waals surface area contributed by atoms with E-state index in [-0.39, 0.29) is 30.3 Å². The molecule has 0 amide bonds. The van der Waals surface area contributed by atoms with Crippen molar-refractivity contribution in [3.63, 3.8) is 0 Å². The molecule has 0 bridgehead atoms. The number of hydrogen-bond acceptors (Lipinski definition) is 10. The summed E-state index contributed by atoms with van der Waals surface area (Å²) in [5.41, 5.74) is 3.92. The molecule has 2 saturated carbocycles. The molecule has 2 aromatic rings. The van der Waals surface area contributed by atoms with Gasteiger partial charge < -0.3 is 34.6 Å². The summed E-state index contributed by atoms with van der Waals surface area (Å²) in [5, 5.41) is 9.48. The number of aromatic carboxylic acids is 1. The van der Waals surface area contributed by atoms with Crippen LogP contribution in [0.5, 0.6) is 0 Å². The Kier molecular flexibility index (Phi) is 10.2.